The average molecular weight is 195 g/mol. The summed E-state index contributed by atoms with van der Waals surface area (Å²) >= 11 is 0. The highest BCUT2D eigenvalue weighted by Gasteiger charge is 2.17. The van der Waals surface area contributed by atoms with Crippen LogP contribution in [-0.4, -0.2) is 34.8 Å². The van der Waals surface area contributed by atoms with E-state index >= 15 is 0 Å². The summed E-state index contributed by atoms with van der Waals surface area (Å²) in [7, 11) is 3.42. The average Bonchev–Trinajstić information content (AvgIpc) is 2.49. The Hall–Kier alpha value is -1.32. The van der Waals surface area contributed by atoms with Crippen LogP contribution in [0, 0.1) is 0 Å². The van der Waals surface area contributed by atoms with Crippen molar-refractivity contribution in [3.05, 3.63) is 18.0 Å². The Morgan fingerprint density at radius 2 is 2.00 bits per heavy atom. The molecule has 0 saturated heterocycles. The number of hydrogen-bond acceptors (Lipinski definition) is 2. The molecule has 0 saturated carbocycles. The fourth-order valence-corrected chi connectivity index (χ4v) is 1.02. The monoisotopic (exact) mass is 195 g/mol. The number of nitrogens with zero attached hydrogens (tertiary/aromatic N) is 3. The van der Waals surface area contributed by atoms with Gasteiger partial charge in [-0.05, 0) is 11.0 Å². The molecule has 0 spiro atoms. The van der Waals surface area contributed by atoms with Crippen molar-refractivity contribution in [1.29, 1.82) is 0 Å². The molecule has 0 fully saturated rings. The minimum Gasteiger partial charge on any atom is -0.329 e. The van der Waals surface area contributed by atoms with Crippen molar-refractivity contribution in [3.8, 4) is 0 Å². The van der Waals surface area contributed by atoms with E-state index in [1.807, 2.05) is 0 Å². The maximum absolute atomic E-state index is 11.5. The van der Waals surface area contributed by atoms with Crippen molar-refractivity contribution in [3.63, 3.8) is 0 Å². The van der Waals surface area contributed by atoms with Crippen molar-refractivity contribution in [2.75, 3.05) is 14.1 Å². The molecule has 4 heteroatoms. The molecule has 1 heterocycles. The third-order valence-electron chi connectivity index (χ3n) is 2.03. The van der Waals surface area contributed by atoms with Crippen molar-refractivity contribution in [1.82, 2.24) is 14.7 Å². The highest BCUT2D eigenvalue weighted by molar-refractivity contribution is 5.75. The number of rotatable bonds is 0. The van der Waals surface area contributed by atoms with Crippen LogP contribution in [0.2, 0.25) is 0 Å². The Morgan fingerprint density at radius 1 is 1.43 bits per heavy atom. The van der Waals surface area contributed by atoms with Crippen LogP contribution < -0.4 is 0 Å². The Kier molecular flexibility index (Phi) is 2.64. The predicted molar refractivity (Wildman–Crippen MR) is 55.4 cm³/mol. The lowest BCUT2D eigenvalue weighted by Crippen LogP contribution is -2.27. The number of hydrogen-bond donors (Lipinski definition) is 0. The van der Waals surface area contributed by atoms with Gasteiger partial charge in [-0.25, -0.2) is 4.79 Å². The molecule has 0 bridgehead atoms. The molecule has 1 aromatic rings. The van der Waals surface area contributed by atoms with Crippen molar-refractivity contribution in [2.24, 2.45) is 0 Å². The van der Waals surface area contributed by atoms with Gasteiger partial charge in [-0.1, -0.05) is 20.8 Å². The van der Waals surface area contributed by atoms with Gasteiger partial charge >= 0.3 is 6.03 Å². The summed E-state index contributed by atoms with van der Waals surface area (Å²) in [5.74, 6) is 0. The van der Waals surface area contributed by atoms with Gasteiger partial charge < -0.3 is 4.90 Å². The van der Waals surface area contributed by atoms with Gasteiger partial charge in [0.2, 0.25) is 0 Å². The van der Waals surface area contributed by atoms with Crippen LogP contribution in [-0.2, 0) is 5.41 Å². The lowest BCUT2D eigenvalue weighted by Gasteiger charge is -2.15. The van der Waals surface area contributed by atoms with Crippen LogP contribution in [0.5, 0.6) is 0 Å². The van der Waals surface area contributed by atoms with Crippen LogP contribution in [0.1, 0.15) is 26.3 Å². The van der Waals surface area contributed by atoms with E-state index in [0.717, 1.165) is 5.56 Å². The molecular formula is C10H17N3O. The zero-order valence-corrected chi connectivity index (χ0v) is 9.40. The summed E-state index contributed by atoms with van der Waals surface area (Å²) in [5.41, 5.74) is 1.10. The smallest absolute Gasteiger partial charge is 0.329 e. The number of carbonyl (C=O) groups excluding carboxylic acids is 1. The maximum Gasteiger partial charge on any atom is 0.344 e. The Bertz CT molecular complexity index is 333. The molecule has 1 amide bonds. The van der Waals surface area contributed by atoms with Gasteiger partial charge in [-0.2, -0.15) is 9.78 Å². The summed E-state index contributed by atoms with van der Waals surface area (Å²) in [6.45, 7) is 6.28. The lowest BCUT2D eigenvalue weighted by molar-refractivity contribution is 0.216. The van der Waals surface area contributed by atoms with Crippen LogP contribution in [0.3, 0.4) is 0 Å². The molecule has 78 valence electrons. The fraction of sp³-hybridized carbons (Fsp3) is 0.600. The zero-order valence-electron chi connectivity index (χ0n) is 9.40. The van der Waals surface area contributed by atoms with Gasteiger partial charge in [0.15, 0.2) is 0 Å². The highest BCUT2D eigenvalue weighted by Crippen LogP contribution is 2.20. The molecule has 0 unspecified atom stereocenters. The molecule has 1 rings (SSSR count). The molecule has 1 aromatic heterocycles. The van der Waals surface area contributed by atoms with Crippen LogP contribution in [0.25, 0.3) is 0 Å². The molecule has 0 aliphatic carbocycles. The quantitative estimate of drug-likeness (QED) is 0.632. The third kappa shape index (κ3) is 2.13. The van der Waals surface area contributed by atoms with E-state index in [0.29, 0.717) is 0 Å². The van der Waals surface area contributed by atoms with E-state index in [-0.39, 0.29) is 11.4 Å². The van der Waals surface area contributed by atoms with Gasteiger partial charge in [0.1, 0.15) is 0 Å². The summed E-state index contributed by atoms with van der Waals surface area (Å²) in [4.78, 5) is 13.0. The number of aromatic nitrogens is 2. The van der Waals surface area contributed by atoms with Gasteiger partial charge in [-0.15, -0.1) is 0 Å². The topological polar surface area (TPSA) is 38.1 Å². The first-order valence-electron chi connectivity index (χ1n) is 4.59. The molecule has 14 heavy (non-hydrogen) atoms. The van der Waals surface area contributed by atoms with Crippen molar-refractivity contribution >= 4 is 6.03 Å². The minimum absolute atomic E-state index is 0.0326. The van der Waals surface area contributed by atoms with Crippen molar-refractivity contribution < 1.29 is 4.79 Å². The fourth-order valence-electron chi connectivity index (χ4n) is 1.02. The maximum atomic E-state index is 11.5. The minimum atomic E-state index is -0.125. The summed E-state index contributed by atoms with van der Waals surface area (Å²) in [6.07, 6.45) is 3.52. The van der Waals surface area contributed by atoms with E-state index in [9.17, 15) is 4.79 Å². The molecular weight excluding hydrogens is 178 g/mol. The van der Waals surface area contributed by atoms with Crippen LogP contribution in [0.4, 0.5) is 4.79 Å². The first kappa shape index (κ1) is 10.8. The Balaban J connectivity index is 2.95. The SMILES string of the molecule is CN(C)C(=O)n1cc(C(C)(C)C)cn1. The van der Waals surface area contributed by atoms with Gasteiger partial charge in [0.25, 0.3) is 0 Å². The summed E-state index contributed by atoms with van der Waals surface area (Å²) in [5, 5.41) is 4.03. The Labute approximate surface area is 84.5 Å². The second-order valence-electron chi connectivity index (χ2n) is 4.60. The molecule has 0 N–H and O–H groups in total. The van der Waals surface area contributed by atoms with Crippen LogP contribution in [0.15, 0.2) is 12.4 Å². The largest absolute Gasteiger partial charge is 0.344 e. The summed E-state index contributed by atoms with van der Waals surface area (Å²) < 4.78 is 1.36. The predicted octanol–water partition coefficient (Wildman–Crippen LogP) is 1.71. The molecule has 0 aliphatic heterocycles. The molecule has 0 aromatic carbocycles. The zero-order chi connectivity index (χ0) is 10.9. The summed E-state index contributed by atoms with van der Waals surface area (Å²) in [6, 6.07) is -0.125. The second-order valence-corrected chi connectivity index (χ2v) is 4.60. The Morgan fingerprint density at radius 3 is 2.36 bits per heavy atom. The molecule has 4 nitrogen and oxygen atoms in total. The molecule has 0 atom stereocenters. The van der Waals surface area contributed by atoms with Gasteiger partial charge in [0, 0.05) is 20.3 Å². The first-order valence-corrected chi connectivity index (χ1v) is 4.59. The van der Waals surface area contributed by atoms with Gasteiger partial charge in [-0.3, -0.25) is 0 Å². The van der Waals surface area contributed by atoms with Crippen LogP contribution >= 0.6 is 0 Å². The molecule has 0 radical (unpaired) electrons. The first-order chi connectivity index (χ1) is 6.32. The van der Waals surface area contributed by atoms with E-state index < -0.39 is 0 Å². The van der Waals surface area contributed by atoms with E-state index in [4.69, 9.17) is 0 Å². The normalized spacial score (nSPS) is 11.5. The van der Waals surface area contributed by atoms with Crippen molar-refractivity contribution in [2.45, 2.75) is 26.2 Å². The lowest BCUT2D eigenvalue weighted by atomic mass is 9.90. The van der Waals surface area contributed by atoms with Gasteiger partial charge in [0.05, 0.1) is 6.20 Å². The van der Waals surface area contributed by atoms with E-state index in [1.54, 1.807) is 26.5 Å². The second kappa shape index (κ2) is 3.44. The standard InChI is InChI=1S/C10H17N3O/c1-10(2,3)8-6-11-13(7-8)9(14)12(4)5/h6-7H,1-5H3. The number of carbonyl (C=O) groups is 1. The van der Waals surface area contributed by atoms with E-state index in [1.165, 1.54) is 9.58 Å². The number of amides is 1. The highest BCUT2D eigenvalue weighted by atomic mass is 16.2. The third-order valence-corrected chi connectivity index (χ3v) is 2.03. The van der Waals surface area contributed by atoms with E-state index in [2.05, 4.69) is 25.9 Å². The molecule has 0 aliphatic rings.